The van der Waals surface area contributed by atoms with Gasteiger partial charge >= 0.3 is 0 Å². The fraction of sp³-hybridized carbons (Fsp3) is 0.500. The molecule has 0 bridgehead atoms. The van der Waals surface area contributed by atoms with Crippen molar-refractivity contribution in [3.63, 3.8) is 0 Å². The molecule has 2 aliphatic heterocycles. The molecule has 0 N–H and O–H groups in total. The first kappa shape index (κ1) is 14.1. The topological polar surface area (TPSA) is 62.6 Å². The molecule has 1 aromatic rings. The number of ether oxygens (including phenoxy) is 2. The van der Waals surface area contributed by atoms with Gasteiger partial charge in [0, 0.05) is 6.54 Å². The number of hydrogen-bond donors (Lipinski definition) is 0. The lowest BCUT2D eigenvalue weighted by Crippen LogP contribution is -2.48. The van der Waals surface area contributed by atoms with Crippen molar-refractivity contribution in [1.82, 2.24) is 4.90 Å². The van der Waals surface area contributed by atoms with Gasteiger partial charge in [0.25, 0.3) is 0 Å². The van der Waals surface area contributed by atoms with E-state index in [4.69, 9.17) is 14.7 Å². The molecule has 1 aromatic carbocycles. The van der Waals surface area contributed by atoms with E-state index in [9.17, 15) is 4.79 Å². The highest BCUT2D eigenvalue weighted by Gasteiger charge is 2.30. The number of carbonyl (C=O) groups is 1. The molecule has 110 valence electrons. The summed E-state index contributed by atoms with van der Waals surface area (Å²) >= 11 is 0. The summed E-state index contributed by atoms with van der Waals surface area (Å²) in [6, 6.07) is 9.74. The van der Waals surface area contributed by atoms with Gasteiger partial charge in [0.1, 0.15) is 6.04 Å². The number of benzene rings is 1. The molecule has 0 saturated carbocycles. The Kier molecular flexibility index (Phi) is 4.18. The van der Waals surface area contributed by atoms with Crippen molar-refractivity contribution in [3.05, 3.63) is 35.4 Å². The van der Waals surface area contributed by atoms with Gasteiger partial charge in [0.2, 0.25) is 5.91 Å². The van der Waals surface area contributed by atoms with E-state index in [2.05, 4.69) is 12.1 Å². The van der Waals surface area contributed by atoms with Crippen LogP contribution in [0.2, 0.25) is 0 Å². The van der Waals surface area contributed by atoms with E-state index in [-0.39, 0.29) is 18.4 Å². The number of hydrogen-bond acceptors (Lipinski definition) is 4. The van der Waals surface area contributed by atoms with E-state index in [0.717, 1.165) is 12.0 Å². The Morgan fingerprint density at radius 3 is 3.10 bits per heavy atom. The van der Waals surface area contributed by atoms with Crippen molar-refractivity contribution < 1.29 is 14.3 Å². The van der Waals surface area contributed by atoms with Gasteiger partial charge in [-0.3, -0.25) is 4.79 Å². The number of amides is 1. The Labute approximate surface area is 124 Å². The molecule has 0 radical (unpaired) electrons. The quantitative estimate of drug-likeness (QED) is 0.825. The van der Waals surface area contributed by atoms with Crippen LogP contribution in [0.5, 0.6) is 0 Å². The van der Waals surface area contributed by atoms with Gasteiger partial charge in [-0.15, -0.1) is 0 Å². The standard InChI is InChI=1S/C16H18N2O3/c17-10-13-11-20-8-6-18(13)16(19)9-15-14-4-2-1-3-12(14)5-7-21-15/h1-4,13,15H,5-9,11H2/t13-,15-/m0/s1. The maximum Gasteiger partial charge on any atom is 0.226 e. The molecule has 1 saturated heterocycles. The second kappa shape index (κ2) is 6.25. The van der Waals surface area contributed by atoms with Crippen molar-refractivity contribution >= 4 is 5.91 Å². The molecule has 5 nitrogen and oxygen atoms in total. The molecule has 21 heavy (non-hydrogen) atoms. The van der Waals surface area contributed by atoms with Crippen molar-refractivity contribution in [2.75, 3.05) is 26.4 Å². The van der Waals surface area contributed by atoms with Crippen LogP contribution in [0.15, 0.2) is 24.3 Å². The highest BCUT2D eigenvalue weighted by Crippen LogP contribution is 2.30. The van der Waals surface area contributed by atoms with E-state index in [1.54, 1.807) is 4.90 Å². The predicted molar refractivity (Wildman–Crippen MR) is 75.4 cm³/mol. The predicted octanol–water partition coefficient (Wildman–Crippen LogP) is 1.44. The van der Waals surface area contributed by atoms with Crippen molar-refractivity contribution in [2.45, 2.75) is 25.0 Å². The summed E-state index contributed by atoms with van der Waals surface area (Å²) in [4.78, 5) is 14.1. The Morgan fingerprint density at radius 2 is 2.24 bits per heavy atom. The van der Waals surface area contributed by atoms with Crippen LogP contribution in [0.25, 0.3) is 0 Å². The summed E-state index contributed by atoms with van der Waals surface area (Å²) in [5.41, 5.74) is 2.35. The first-order valence-electron chi connectivity index (χ1n) is 7.26. The molecule has 1 amide bonds. The van der Waals surface area contributed by atoms with Crippen LogP contribution < -0.4 is 0 Å². The molecule has 0 unspecified atom stereocenters. The highest BCUT2D eigenvalue weighted by molar-refractivity contribution is 5.78. The lowest BCUT2D eigenvalue weighted by molar-refractivity contribution is -0.141. The Hall–Kier alpha value is -1.90. The Morgan fingerprint density at radius 1 is 1.38 bits per heavy atom. The molecule has 2 heterocycles. The van der Waals surface area contributed by atoms with Gasteiger partial charge in [-0.1, -0.05) is 24.3 Å². The normalized spacial score (nSPS) is 25.0. The molecule has 3 rings (SSSR count). The van der Waals surface area contributed by atoms with Gasteiger partial charge in [0.05, 0.1) is 38.4 Å². The molecule has 1 fully saturated rings. The zero-order valence-corrected chi connectivity index (χ0v) is 11.8. The van der Waals surface area contributed by atoms with Gasteiger partial charge in [-0.25, -0.2) is 0 Å². The minimum atomic E-state index is -0.481. The Balaban J connectivity index is 1.72. The first-order valence-corrected chi connectivity index (χ1v) is 7.26. The van der Waals surface area contributed by atoms with E-state index >= 15 is 0 Å². The van der Waals surface area contributed by atoms with Gasteiger partial charge in [0.15, 0.2) is 0 Å². The summed E-state index contributed by atoms with van der Waals surface area (Å²) in [5.74, 6) is -0.0356. The number of morpholine rings is 1. The van der Waals surface area contributed by atoms with Crippen molar-refractivity contribution in [2.24, 2.45) is 0 Å². The lowest BCUT2D eigenvalue weighted by Gasteiger charge is -2.33. The Bertz CT molecular complexity index is 567. The number of fused-ring (bicyclic) bond motifs is 1. The van der Waals surface area contributed by atoms with Gasteiger partial charge < -0.3 is 14.4 Å². The smallest absolute Gasteiger partial charge is 0.226 e. The highest BCUT2D eigenvalue weighted by atomic mass is 16.5. The lowest BCUT2D eigenvalue weighted by atomic mass is 9.95. The van der Waals surface area contributed by atoms with Crippen molar-refractivity contribution in [3.8, 4) is 6.07 Å². The molecule has 0 spiro atoms. The number of rotatable bonds is 2. The fourth-order valence-corrected chi connectivity index (χ4v) is 2.93. The molecular formula is C16H18N2O3. The monoisotopic (exact) mass is 286 g/mol. The molecular weight excluding hydrogens is 268 g/mol. The van der Waals surface area contributed by atoms with E-state index < -0.39 is 6.04 Å². The summed E-state index contributed by atoms with van der Waals surface area (Å²) < 4.78 is 11.0. The molecule has 0 aromatic heterocycles. The average molecular weight is 286 g/mol. The second-order valence-corrected chi connectivity index (χ2v) is 5.32. The largest absolute Gasteiger partial charge is 0.376 e. The zero-order valence-electron chi connectivity index (χ0n) is 11.8. The minimum Gasteiger partial charge on any atom is -0.376 e. The molecule has 0 aliphatic carbocycles. The molecule has 2 atom stereocenters. The van der Waals surface area contributed by atoms with Crippen LogP contribution in [-0.4, -0.2) is 43.2 Å². The maximum absolute atomic E-state index is 12.5. The third-order valence-electron chi connectivity index (χ3n) is 4.05. The van der Waals surface area contributed by atoms with E-state index in [1.807, 2.05) is 18.2 Å². The van der Waals surface area contributed by atoms with Gasteiger partial charge in [-0.2, -0.15) is 5.26 Å². The van der Waals surface area contributed by atoms with Gasteiger partial charge in [-0.05, 0) is 17.5 Å². The summed E-state index contributed by atoms with van der Waals surface area (Å²) in [6.45, 7) is 1.90. The molecule has 5 heteroatoms. The van der Waals surface area contributed by atoms with Crippen LogP contribution >= 0.6 is 0 Å². The van der Waals surface area contributed by atoms with Crippen LogP contribution in [-0.2, 0) is 20.7 Å². The summed E-state index contributed by atoms with van der Waals surface area (Å²) in [7, 11) is 0. The van der Waals surface area contributed by atoms with Crippen LogP contribution in [0, 0.1) is 11.3 Å². The van der Waals surface area contributed by atoms with Crippen molar-refractivity contribution in [1.29, 1.82) is 5.26 Å². The number of carbonyl (C=O) groups excluding carboxylic acids is 1. The minimum absolute atomic E-state index is 0.0356. The van der Waals surface area contributed by atoms with Crippen LogP contribution in [0.3, 0.4) is 0 Å². The SMILES string of the molecule is N#C[C@H]1COCCN1C(=O)C[C@@H]1OCCc2ccccc21. The van der Waals surface area contributed by atoms with E-state index in [1.165, 1.54) is 5.56 Å². The maximum atomic E-state index is 12.5. The average Bonchev–Trinajstić information content (AvgIpc) is 2.55. The third kappa shape index (κ3) is 2.92. The molecule has 2 aliphatic rings. The zero-order chi connectivity index (χ0) is 14.7. The summed E-state index contributed by atoms with van der Waals surface area (Å²) in [5, 5.41) is 9.12. The first-order chi connectivity index (χ1) is 10.3. The number of nitriles is 1. The number of nitrogens with zero attached hydrogens (tertiary/aromatic N) is 2. The second-order valence-electron chi connectivity index (χ2n) is 5.32. The van der Waals surface area contributed by atoms with E-state index in [0.29, 0.717) is 26.4 Å². The van der Waals surface area contributed by atoms with Crippen LogP contribution in [0.1, 0.15) is 23.7 Å². The third-order valence-corrected chi connectivity index (χ3v) is 4.05. The summed E-state index contributed by atoms with van der Waals surface area (Å²) in [6.07, 6.45) is 0.971. The fourth-order valence-electron chi connectivity index (χ4n) is 2.93. The van der Waals surface area contributed by atoms with Crippen LogP contribution in [0.4, 0.5) is 0 Å².